The number of halogens is 1. The molecular weight excluding hydrogens is 362 g/mol. The number of aromatic nitrogens is 1. The van der Waals surface area contributed by atoms with Crippen molar-refractivity contribution in [2.75, 3.05) is 11.9 Å². The molecule has 0 unspecified atom stereocenters. The van der Waals surface area contributed by atoms with Gasteiger partial charge in [-0.05, 0) is 24.6 Å². The molecule has 0 radical (unpaired) electrons. The van der Waals surface area contributed by atoms with Crippen LogP contribution in [-0.2, 0) is 0 Å². The Balaban J connectivity index is 0.00000225. The van der Waals surface area contributed by atoms with Crippen LogP contribution in [0.15, 0.2) is 35.7 Å². The minimum atomic E-state index is -0.245. The number of anilines is 1. The van der Waals surface area contributed by atoms with Crippen molar-refractivity contribution in [3.8, 4) is 0 Å². The molecule has 4 N–H and O–H groups in total. The number of imide groups is 1. The number of hydrogen-bond donors (Lipinski definition) is 3. The average molecular weight is 378 g/mol. The molecule has 0 saturated carbocycles. The molecule has 1 aromatic carbocycles. The van der Waals surface area contributed by atoms with Gasteiger partial charge in [0.2, 0.25) is 0 Å². The number of amides is 2. The lowest BCUT2D eigenvalue weighted by atomic mass is 10.1. The monoisotopic (exact) mass is 377 g/mol. The smallest absolute Gasteiger partial charge is 0.261 e. The zero-order valence-corrected chi connectivity index (χ0v) is 14.7. The number of carbonyl (C=O) groups excluding carboxylic acids is 2. The number of guanidine groups is 1. The Bertz CT molecular complexity index is 814. The second-order valence-corrected chi connectivity index (χ2v) is 5.97. The first-order valence-corrected chi connectivity index (χ1v) is 8.12. The molecular formula is C16H16ClN5O2S. The number of nitrogens with one attached hydrogen (secondary N) is 2. The van der Waals surface area contributed by atoms with Gasteiger partial charge in [-0.15, -0.1) is 23.7 Å². The van der Waals surface area contributed by atoms with Crippen LogP contribution in [0.1, 0.15) is 32.8 Å². The van der Waals surface area contributed by atoms with Gasteiger partial charge in [0, 0.05) is 11.9 Å². The largest absolute Gasteiger partial charge is 0.370 e. The molecule has 130 valence electrons. The van der Waals surface area contributed by atoms with E-state index in [2.05, 4.69) is 10.3 Å². The maximum Gasteiger partial charge on any atom is 0.261 e. The van der Waals surface area contributed by atoms with Crippen LogP contribution in [0, 0.1) is 5.41 Å². The summed E-state index contributed by atoms with van der Waals surface area (Å²) < 4.78 is 0. The Morgan fingerprint density at radius 3 is 2.52 bits per heavy atom. The molecule has 2 heterocycles. The van der Waals surface area contributed by atoms with Gasteiger partial charge in [-0.25, -0.2) is 4.98 Å². The standard InChI is InChI=1S/C16H15N5O2S.ClH/c17-15(18)20-16-19-10(9-24-16)5-3-4-8-21-13(22)11-6-1-2-7-12(11)14(21)23;/h1-3,5-7,9H,4,8H2,(H4,17,18,19,20);1H/b5-3+;. The van der Waals surface area contributed by atoms with Crippen molar-refractivity contribution in [3.05, 3.63) is 52.5 Å². The second-order valence-electron chi connectivity index (χ2n) is 5.11. The Kier molecular flexibility index (Phi) is 5.89. The van der Waals surface area contributed by atoms with E-state index < -0.39 is 0 Å². The van der Waals surface area contributed by atoms with Gasteiger partial charge < -0.3 is 11.1 Å². The Morgan fingerprint density at radius 2 is 1.92 bits per heavy atom. The fourth-order valence-electron chi connectivity index (χ4n) is 2.39. The SMILES string of the molecule is Cl.N=C(N)Nc1nc(/C=C/CCN2C(=O)c3ccccc3C2=O)cs1. The predicted octanol–water partition coefficient (Wildman–Crippen LogP) is 2.57. The summed E-state index contributed by atoms with van der Waals surface area (Å²) in [5, 5.41) is 12.1. The summed E-state index contributed by atoms with van der Waals surface area (Å²) in [5.74, 6) is -0.651. The van der Waals surface area contributed by atoms with Crippen molar-refractivity contribution in [3.63, 3.8) is 0 Å². The summed E-state index contributed by atoms with van der Waals surface area (Å²) in [6.07, 6.45) is 4.20. The van der Waals surface area contributed by atoms with Crippen LogP contribution in [0.25, 0.3) is 6.08 Å². The highest BCUT2D eigenvalue weighted by Gasteiger charge is 2.34. The van der Waals surface area contributed by atoms with E-state index >= 15 is 0 Å². The highest BCUT2D eigenvalue weighted by Crippen LogP contribution is 2.22. The molecule has 3 rings (SSSR count). The van der Waals surface area contributed by atoms with Crippen LogP contribution in [0.4, 0.5) is 5.13 Å². The van der Waals surface area contributed by atoms with Gasteiger partial charge in [0.1, 0.15) is 0 Å². The molecule has 0 fully saturated rings. The molecule has 2 amide bonds. The number of carbonyl (C=O) groups is 2. The minimum absolute atomic E-state index is 0. The van der Waals surface area contributed by atoms with Crippen LogP contribution in [0.2, 0.25) is 0 Å². The number of nitrogens with zero attached hydrogens (tertiary/aromatic N) is 2. The van der Waals surface area contributed by atoms with Crippen LogP contribution in [0.5, 0.6) is 0 Å². The number of hydrogen-bond acceptors (Lipinski definition) is 5. The molecule has 0 aliphatic carbocycles. The third-order valence-electron chi connectivity index (χ3n) is 3.45. The quantitative estimate of drug-likeness (QED) is 0.421. The maximum atomic E-state index is 12.2. The van der Waals surface area contributed by atoms with Crippen LogP contribution in [-0.4, -0.2) is 34.2 Å². The highest BCUT2D eigenvalue weighted by molar-refractivity contribution is 7.14. The first-order chi connectivity index (χ1) is 11.6. The summed E-state index contributed by atoms with van der Waals surface area (Å²) in [7, 11) is 0. The van der Waals surface area contributed by atoms with Crippen molar-refractivity contribution < 1.29 is 9.59 Å². The van der Waals surface area contributed by atoms with E-state index in [1.165, 1.54) is 16.2 Å². The number of nitrogens with two attached hydrogens (primary N) is 1. The second kappa shape index (κ2) is 7.91. The number of benzene rings is 1. The van der Waals surface area contributed by atoms with Gasteiger partial charge in [-0.1, -0.05) is 18.2 Å². The van der Waals surface area contributed by atoms with E-state index in [1.807, 2.05) is 11.5 Å². The molecule has 1 aliphatic rings. The maximum absolute atomic E-state index is 12.2. The van der Waals surface area contributed by atoms with Crippen LogP contribution in [0.3, 0.4) is 0 Å². The summed E-state index contributed by atoms with van der Waals surface area (Å²) in [6, 6.07) is 6.85. The molecule has 25 heavy (non-hydrogen) atoms. The van der Waals surface area contributed by atoms with E-state index in [9.17, 15) is 9.59 Å². The van der Waals surface area contributed by atoms with Gasteiger partial charge in [0.25, 0.3) is 11.8 Å². The average Bonchev–Trinajstić information content (AvgIpc) is 3.09. The van der Waals surface area contributed by atoms with E-state index in [-0.39, 0.29) is 30.2 Å². The molecule has 0 spiro atoms. The van der Waals surface area contributed by atoms with Gasteiger partial charge in [0.15, 0.2) is 11.1 Å². The van der Waals surface area contributed by atoms with Crippen molar-refractivity contribution in [2.45, 2.75) is 6.42 Å². The minimum Gasteiger partial charge on any atom is -0.370 e. The first-order valence-electron chi connectivity index (χ1n) is 7.24. The van der Waals surface area contributed by atoms with Crippen LogP contribution >= 0.6 is 23.7 Å². The molecule has 0 saturated heterocycles. The van der Waals surface area contributed by atoms with E-state index in [1.54, 1.807) is 30.3 Å². The molecule has 1 aromatic heterocycles. The van der Waals surface area contributed by atoms with E-state index in [4.69, 9.17) is 11.1 Å². The Labute approximate surface area is 154 Å². The van der Waals surface area contributed by atoms with Gasteiger partial charge in [0.05, 0.1) is 16.8 Å². The topological polar surface area (TPSA) is 112 Å². The highest BCUT2D eigenvalue weighted by atomic mass is 35.5. The molecule has 0 atom stereocenters. The summed E-state index contributed by atoms with van der Waals surface area (Å²) >= 11 is 1.34. The molecule has 7 nitrogen and oxygen atoms in total. The lowest BCUT2D eigenvalue weighted by molar-refractivity contribution is 0.0657. The predicted molar refractivity (Wildman–Crippen MR) is 100 cm³/mol. The van der Waals surface area contributed by atoms with Crippen molar-refractivity contribution >= 4 is 52.7 Å². The fourth-order valence-corrected chi connectivity index (χ4v) is 3.08. The summed E-state index contributed by atoms with van der Waals surface area (Å²) in [5.41, 5.74) is 6.89. The fraction of sp³-hybridized carbons (Fsp3) is 0.125. The Hall–Kier alpha value is -2.71. The summed E-state index contributed by atoms with van der Waals surface area (Å²) in [4.78, 5) is 29.9. The van der Waals surface area contributed by atoms with Gasteiger partial charge in [-0.3, -0.25) is 19.9 Å². The lowest BCUT2D eigenvalue weighted by Crippen LogP contribution is -2.30. The van der Waals surface area contributed by atoms with E-state index in [0.29, 0.717) is 29.2 Å². The normalized spacial score (nSPS) is 13.0. The number of rotatable bonds is 5. The van der Waals surface area contributed by atoms with Gasteiger partial charge in [-0.2, -0.15) is 0 Å². The van der Waals surface area contributed by atoms with Gasteiger partial charge >= 0.3 is 0 Å². The van der Waals surface area contributed by atoms with Crippen molar-refractivity contribution in [2.24, 2.45) is 5.73 Å². The number of thiazole rings is 1. The molecule has 1 aliphatic heterocycles. The van der Waals surface area contributed by atoms with Crippen molar-refractivity contribution in [1.29, 1.82) is 5.41 Å². The lowest BCUT2D eigenvalue weighted by Gasteiger charge is -2.11. The zero-order valence-electron chi connectivity index (χ0n) is 13.1. The Morgan fingerprint density at radius 1 is 1.28 bits per heavy atom. The molecule has 0 bridgehead atoms. The first kappa shape index (κ1) is 18.6. The van der Waals surface area contributed by atoms with Crippen molar-refractivity contribution in [1.82, 2.24) is 9.88 Å². The van der Waals surface area contributed by atoms with E-state index in [0.717, 1.165) is 5.69 Å². The summed E-state index contributed by atoms with van der Waals surface area (Å²) in [6.45, 7) is 0.325. The molecule has 9 heteroatoms. The third kappa shape index (κ3) is 4.04. The third-order valence-corrected chi connectivity index (χ3v) is 4.23. The number of fused-ring (bicyclic) bond motifs is 1. The van der Waals surface area contributed by atoms with Crippen LogP contribution < -0.4 is 11.1 Å². The zero-order chi connectivity index (χ0) is 17.1. The molecule has 2 aromatic rings.